The van der Waals surface area contributed by atoms with Gasteiger partial charge in [-0.05, 0) is 44.0 Å². The molecule has 12 heteroatoms. The quantitative estimate of drug-likeness (QED) is 0.579. The van der Waals surface area contributed by atoms with Crippen LogP contribution in [0, 0.1) is 6.92 Å². The number of hydrogen-bond acceptors (Lipinski definition) is 6. The maximum Gasteiger partial charge on any atom is 0.416 e. The molecule has 1 aliphatic rings. The van der Waals surface area contributed by atoms with Gasteiger partial charge in [-0.15, -0.1) is 0 Å². The summed E-state index contributed by atoms with van der Waals surface area (Å²) in [6.07, 6.45) is -3.62. The molecule has 1 saturated heterocycles. The van der Waals surface area contributed by atoms with Gasteiger partial charge in [-0.25, -0.2) is 17.9 Å². The molecule has 0 radical (unpaired) electrons. The fourth-order valence-corrected chi connectivity index (χ4v) is 4.61. The average Bonchev–Trinajstić information content (AvgIpc) is 3.29. The number of likely N-dealkylation sites (tertiary alicyclic amines) is 1. The van der Waals surface area contributed by atoms with E-state index in [1.54, 1.807) is 12.1 Å². The Labute approximate surface area is 193 Å². The number of nitrogens with one attached hydrogen (secondary N) is 1. The molecule has 0 spiro atoms. The predicted octanol–water partition coefficient (Wildman–Crippen LogP) is 4.34. The third-order valence-corrected chi connectivity index (χ3v) is 6.91. The number of sulfonamides is 1. The number of carbonyl (C=O) groups excluding carboxylic acids is 1. The maximum atomic E-state index is 13.0. The normalized spacial score (nSPS) is 15.4. The second-order valence-electron chi connectivity index (χ2n) is 8.02. The van der Waals surface area contributed by atoms with Crippen molar-refractivity contribution < 1.29 is 30.9 Å². The predicted molar refractivity (Wildman–Crippen MR) is 115 cm³/mol. The Balaban J connectivity index is 1.38. The molecule has 2 aromatic carbocycles. The minimum absolute atomic E-state index is 0.00526. The van der Waals surface area contributed by atoms with Gasteiger partial charge in [0.05, 0.1) is 10.5 Å². The van der Waals surface area contributed by atoms with E-state index in [1.807, 2.05) is 6.92 Å². The zero-order valence-corrected chi connectivity index (χ0v) is 18.9. The zero-order chi connectivity index (χ0) is 24.5. The molecule has 2 heterocycles. The number of rotatable bonds is 4. The molecule has 0 unspecified atom stereocenters. The molecule has 1 N–H and O–H groups in total. The van der Waals surface area contributed by atoms with E-state index in [0.29, 0.717) is 12.8 Å². The van der Waals surface area contributed by atoms with E-state index in [4.69, 9.17) is 4.52 Å². The molecular weight excluding hydrogens is 473 g/mol. The fourth-order valence-electron chi connectivity index (χ4n) is 3.64. The molecular formula is C22H21F3N4O4S. The highest BCUT2D eigenvalue weighted by atomic mass is 32.2. The Kier molecular flexibility index (Phi) is 6.34. The van der Waals surface area contributed by atoms with Crippen molar-refractivity contribution in [1.82, 2.24) is 19.8 Å². The molecule has 180 valence electrons. The highest BCUT2D eigenvalue weighted by molar-refractivity contribution is 7.90. The number of aromatic nitrogens is 2. The van der Waals surface area contributed by atoms with E-state index >= 15 is 0 Å². The van der Waals surface area contributed by atoms with Crippen LogP contribution >= 0.6 is 0 Å². The number of piperidine rings is 1. The number of halogens is 3. The van der Waals surface area contributed by atoms with Crippen molar-refractivity contribution in [2.45, 2.75) is 36.8 Å². The maximum absolute atomic E-state index is 13.0. The van der Waals surface area contributed by atoms with Crippen LogP contribution in [-0.2, 0) is 16.2 Å². The summed E-state index contributed by atoms with van der Waals surface area (Å²) >= 11 is 0. The van der Waals surface area contributed by atoms with Crippen LogP contribution in [0.5, 0.6) is 0 Å². The van der Waals surface area contributed by atoms with Crippen molar-refractivity contribution in [2.24, 2.45) is 0 Å². The minimum Gasteiger partial charge on any atom is -0.339 e. The summed E-state index contributed by atoms with van der Waals surface area (Å²) in [4.78, 5) is 18.1. The highest BCUT2D eigenvalue weighted by Gasteiger charge is 2.32. The van der Waals surface area contributed by atoms with Gasteiger partial charge in [0, 0.05) is 24.6 Å². The van der Waals surface area contributed by atoms with Crippen molar-refractivity contribution in [3.8, 4) is 11.4 Å². The SMILES string of the molecule is Cc1ccc(S(=O)(=O)NC(=O)N2CCC(c3nc(-c4cccc(C(F)(F)F)c4)no3)CC2)cc1. The Morgan fingerprint density at radius 1 is 1.12 bits per heavy atom. The van der Waals surface area contributed by atoms with Gasteiger partial charge in [-0.1, -0.05) is 35.0 Å². The largest absolute Gasteiger partial charge is 0.416 e. The number of carbonyl (C=O) groups is 1. The molecule has 1 aliphatic heterocycles. The molecule has 8 nitrogen and oxygen atoms in total. The summed E-state index contributed by atoms with van der Waals surface area (Å²) in [7, 11) is -3.99. The number of nitrogens with zero attached hydrogens (tertiary/aromatic N) is 3. The molecule has 0 bridgehead atoms. The first-order valence-corrected chi connectivity index (χ1v) is 11.9. The summed E-state index contributed by atoms with van der Waals surface area (Å²) in [6, 6.07) is 10.1. The van der Waals surface area contributed by atoms with Crippen LogP contribution in [0.2, 0.25) is 0 Å². The van der Waals surface area contributed by atoms with E-state index in [1.165, 1.54) is 29.2 Å². The van der Waals surface area contributed by atoms with Crippen LogP contribution in [-0.4, -0.2) is 42.6 Å². The number of hydrogen-bond donors (Lipinski definition) is 1. The van der Waals surface area contributed by atoms with E-state index in [2.05, 4.69) is 14.9 Å². The lowest BCUT2D eigenvalue weighted by Crippen LogP contribution is -2.46. The van der Waals surface area contributed by atoms with Crippen LogP contribution in [0.25, 0.3) is 11.4 Å². The summed E-state index contributed by atoms with van der Waals surface area (Å²) in [6.45, 7) is 2.33. The Hall–Kier alpha value is -3.41. The molecule has 0 atom stereocenters. The lowest BCUT2D eigenvalue weighted by atomic mass is 9.97. The van der Waals surface area contributed by atoms with Crippen LogP contribution in [0.1, 0.15) is 35.8 Å². The van der Waals surface area contributed by atoms with Gasteiger partial charge < -0.3 is 9.42 Å². The van der Waals surface area contributed by atoms with Gasteiger partial charge in [0.25, 0.3) is 10.0 Å². The first-order valence-electron chi connectivity index (χ1n) is 10.4. The second kappa shape index (κ2) is 9.09. The van der Waals surface area contributed by atoms with Crippen molar-refractivity contribution in [1.29, 1.82) is 0 Å². The number of alkyl halides is 3. The van der Waals surface area contributed by atoms with Crippen LogP contribution < -0.4 is 4.72 Å². The number of benzene rings is 2. The van der Waals surface area contributed by atoms with Gasteiger partial charge in [-0.2, -0.15) is 18.2 Å². The summed E-state index contributed by atoms with van der Waals surface area (Å²) in [5, 5.41) is 3.80. The summed E-state index contributed by atoms with van der Waals surface area (Å²) < 4.78 is 71.1. The Morgan fingerprint density at radius 3 is 2.44 bits per heavy atom. The standard InChI is InChI=1S/C22H21F3N4O4S/c1-14-5-7-18(8-6-14)34(31,32)28-21(30)29-11-9-15(10-12-29)20-26-19(27-33-20)16-3-2-4-17(13-16)22(23,24)25/h2-8,13,15H,9-12H2,1H3,(H,28,30). The molecule has 34 heavy (non-hydrogen) atoms. The van der Waals surface area contributed by atoms with E-state index in [9.17, 15) is 26.4 Å². The smallest absolute Gasteiger partial charge is 0.339 e. The molecule has 1 fully saturated rings. The van der Waals surface area contributed by atoms with E-state index in [-0.39, 0.29) is 41.2 Å². The van der Waals surface area contributed by atoms with Crippen molar-refractivity contribution in [3.63, 3.8) is 0 Å². The van der Waals surface area contributed by atoms with Crippen LogP contribution in [0.15, 0.2) is 57.9 Å². The molecule has 4 rings (SSSR count). The van der Waals surface area contributed by atoms with Gasteiger partial charge in [0.2, 0.25) is 11.7 Å². The van der Waals surface area contributed by atoms with Gasteiger partial charge in [0.15, 0.2) is 0 Å². The first kappa shape index (κ1) is 23.7. The molecule has 1 aromatic heterocycles. The number of urea groups is 1. The van der Waals surface area contributed by atoms with Crippen LogP contribution in [0.4, 0.5) is 18.0 Å². The average molecular weight is 494 g/mol. The topological polar surface area (TPSA) is 105 Å². The molecule has 0 aliphatic carbocycles. The van der Waals surface area contributed by atoms with Crippen molar-refractivity contribution >= 4 is 16.1 Å². The Bertz CT molecular complexity index is 1280. The molecule has 2 amide bonds. The molecule has 0 saturated carbocycles. The minimum atomic E-state index is -4.48. The van der Waals surface area contributed by atoms with Gasteiger partial charge in [0.1, 0.15) is 0 Å². The number of amides is 2. The van der Waals surface area contributed by atoms with Crippen LogP contribution in [0.3, 0.4) is 0 Å². The Morgan fingerprint density at radius 2 is 1.79 bits per heavy atom. The lowest BCUT2D eigenvalue weighted by molar-refractivity contribution is -0.137. The van der Waals surface area contributed by atoms with E-state index in [0.717, 1.165) is 17.7 Å². The number of aryl methyl sites for hydroxylation is 1. The third kappa shape index (κ3) is 5.22. The summed E-state index contributed by atoms with van der Waals surface area (Å²) in [5.74, 6) is 0.106. The second-order valence-corrected chi connectivity index (χ2v) is 9.70. The van der Waals surface area contributed by atoms with Gasteiger partial charge in [-0.3, -0.25) is 0 Å². The highest BCUT2D eigenvalue weighted by Crippen LogP contribution is 2.33. The zero-order valence-electron chi connectivity index (χ0n) is 18.0. The first-order chi connectivity index (χ1) is 16.0. The molecule has 3 aromatic rings. The monoisotopic (exact) mass is 494 g/mol. The van der Waals surface area contributed by atoms with Crippen molar-refractivity contribution in [3.05, 3.63) is 65.5 Å². The van der Waals surface area contributed by atoms with E-state index < -0.39 is 27.8 Å². The fraction of sp³-hybridized carbons (Fsp3) is 0.318. The third-order valence-electron chi connectivity index (χ3n) is 5.57. The van der Waals surface area contributed by atoms with Crippen molar-refractivity contribution in [2.75, 3.05) is 13.1 Å². The van der Waals surface area contributed by atoms with Gasteiger partial charge >= 0.3 is 12.2 Å². The summed E-state index contributed by atoms with van der Waals surface area (Å²) in [5.41, 5.74) is 0.267. The lowest BCUT2D eigenvalue weighted by Gasteiger charge is -2.30.